The van der Waals surface area contributed by atoms with E-state index in [1.54, 1.807) is 18.7 Å². The minimum absolute atomic E-state index is 0. The monoisotopic (exact) mass is 360 g/mol. The number of rotatable bonds is 2. The quantitative estimate of drug-likeness (QED) is 0.688. The molecule has 0 aliphatic carbocycles. The average Bonchev–Trinajstić information content (AvgIpc) is 2.96. The number of nitrogens with one attached hydrogen (secondary N) is 2. The van der Waals surface area contributed by atoms with Gasteiger partial charge in [0, 0.05) is 18.0 Å². The summed E-state index contributed by atoms with van der Waals surface area (Å²) in [6, 6.07) is 1.29. The number of fused-ring (bicyclic) bond motifs is 1. The second kappa shape index (κ2) is 6.16. The maximum Gasteiger partial charge on any atom is 0.314 e. The second-order valence-corrected chi connectivity index (χ2v) is 5.39. The number of hydrogen-bond donors (Lipinski definition) is 2. The van der Waals surface area contributed by atoms with E-state index in [2.05, 4.69) is 15.0 Å². The third kappa shape index (κ3) is 2.65. The third-order valence-electron chi connectivity index (χ3n) is 3.34. The summed E-state index contributed by atoms with van der Waals surface area (Å²) in [5, 5.41) is 0.627. The third-order valence-corrected chi connectivity index (χ3v) is 4.14. The Hall–Kier alpha value is -1.76. The summed E-state index contributed by atoms with van der Waals surface area (Å²) >= 11 is 12.4. The number of H-pyrrole nitrogens is 2. The topological polar surface area (TPSA) is 83.5 Å². The van der Waals surface area contributed by atoms with E-state index in [1.165, 1.54) is 6.07 Å². The minimum atomic E-state index is -0.736. The number of aromatic nitrogens is 4. The van der Waals surface area contributed by atoms with Crippen molar-refractivity contribution in [3.8, 4) is 0 Å². The van der Waals surface area contributed by atoms with Gasteiger partial charge in [0.05, 0.1) is 33.4 Å². The van der Waals surface area contributed by atoms with Gasteiger partial charge in [-0.2, -0.15) is 0 Å². The van der Waals surface area contributed by atoms with E-state index < -0.39 is 11.1 Å². The van der Waals surface area contributed by atoms with Crippen molar-refractivity contribution in [2.24, 2.45) is 0 Å². The molecule has 0 radical (unpaired) electrons. The van der Waals surface area contributed by atoms with Crippen LogP contribution >= 0.6 is 35.6 Å². The molecular formula is C13H11Cl3N4O2. The summed E-state index contributed by atoms with van der Waals surface area (Å²) in [7, 11) is 0. The van der Waals surface area contributed by atoms with Crippen LogP contribution < -0.4 is 11.1 Å². The van der Waals surface area contributed by atoms with Crippen LogP contribution in [0.1, 0.15) is 18.5 Å². The summed E-state index contributed by atoms with van der Waals surface area (Å²) in [6.45, 7) is 1.89. The summed E-state index contributed by atoms with van der Waals surface area (Å²) in [5.74, 6) is 0. The van der Waals surface area contributed by atoms with Crippen LogP contribution in [0.5, 0.6) is 0 Å². The molecule has 0 aliphatic heterocycles. The Balaban J connectivity index is 0.00000176. The highest BCUT2D eigenvalue weighted by atomic mass is 35.5. The van der Waals surface area contributed by atoms with Crippen LogP contribution in [0.25, 0.3) is 11.0 Å². The zero-order valence-electron chi connectivity index (χ0n) is 11.3. The van der Waals surface area contributed by atoms with Crippen molar-refractivity contribution in [3.63, 3.8) is 0 Å². The number of halogens is 3. The van der Waals surface area contributed by atoms with Gasteiger partial charge in [0.2, 0.25) is 0 Å². The Morgan fingerprint density at radius 3 is 2.55 bits per heavy atom. The highest BCUT2D eigenvalue weighted by Gasteiger charge is 2.19. The molecule has 0 fully saturated rings. The van der Waals surface area contributed by atoms with E-state index in [0.29, 0.717) is 26.6 Å². The molecule has 1 atom stereocenters. The van der Waals surface area contributed by atoms with Gasteiger partial charge < -0.3 is 14.5 Å². The van der Waals surface area contributed by atoms with Crippen molar-refractivity contribution >= 4 is 46.6 Å². The predicted molar refractivity (Wildman–Crippen MR) is 88.5 cm³/mol. The van der Waals surface area contributed by atoms with Crippen LogP contribution in [-0.4, -0.2) is 19.5 Å². The van der Waals surface area contributed by atoms with Gasteiger partial charge in [-0.15, -0.1) is 12.4 Å². The molecule has 0 aliphatic rings. The second-order valence-electron chi connectivity index (χ2n) is 4.60. The van der Waals surface area contributed by atoms with E-state index in [4.69, 9.17) is 23.2 Å². The molecule has 6 nitrogen and oxygen atoms in total. The number of nitrogens with zero attached hydrogens (tertiary/aromatic N) is 2. The zero-order chi connectivity index (χ0) is 15.1. The van der Waals surface area contributed by atoms with E-state index in [9.17, 15) is 9.59 Å². The Morgan fingerprint density at radius 2 is 1.91 bits per heavy atom. The van der Waals surface area contributed by atoms with Crippen LogP contribution in [-0.2, 0) is 0 Å². The van der Waals surface area contributed by atoms with E-state index >= 15 is 0 Å². The number of benzene rings is 1. The van der Waals surface area contributed by atoms with Gasteiger partial charge in [-0.25, -0.2) is 4.98 Å². The Bertz CT molecular complexity index is 931. The van der Waals surface area contributed by atoms with Crippen molar-refractivity contribution < 1.29 is 0 Å². The molecule has 0 amide bonds. The summed E-state index contributed by atoms with van der Waals surface area (Å²) in [5.41, 5.74) is 0.0266. The largest absolute Gasteiger partial charge is 0.330 e. The molecule has 2 heterocycles. The first-order chi connectivity index (χ1) is 9.99. The molecule has 3 rings (SSSR count). The molecule has 9 heteroatoms. The Morgan fingerprint density at radius 1 is 1.23 bits per heavy atom. The number of imidazole rings is 1. The van der Waals surface area contributed by atoms with Crippen molar-refractivity contribution in [2.75, 3.05) is 0 Å². The van der Waals surface area contributed by atoms with Crippen LogP contribution in [0.2, 0.25) is 10.0 Å². The summed E-state index contributed by atoms with van der Waals surface area (Å²) < 4.78 is 1.82. The van der Waals surface area contributed by atoms with E-state index in [1.807, 2.05) is 11.5 Å². The molecule has 1 aromatic carbocycles. The maximum atomic E-state index is 11.6. The number of aromatic amines is 2. The smallest absolute Gasteiger partial charge is 0.314 e. The summed E-state index contributed by atoms with van der Waals surface area (Å²) in [4.78, 5) is 32.1. The van der Waals surface area contributed by atoms with Crippen LogP contribution in [0.4, 0.5) is 0 Å². The van der Waals surface area contributed by atoms with Crippen LogP contribution in [0.3, 0.4) is 0 Å². The van der Waals surface area contributed by atoms with Gasteiger partial charge in [-0.1, -0.05) is 23.2 Å². The lowest BCUT2D eigenvalue weighted by atomic mass is 10.1. The fourth-order valence-electron chi connectivity index (χ4n) is 2.27. The Labute approximate surface area is 140 Å². The fourth-order valence-corrected chi connectivity index (χ4v) is 2.79. The van der Waals surface area contributed by atoms with Crippen molar-refractivity contribution in [3.05, 3.63) is 61.1 Å². The first kappa shape index (κ1) is 16.6. The first-order valence-corrected chi connectivity index (χ1v) is 6.86. The molecule has 2 aromatic heterocycles. The van der Waals surface area contributed by atoms with Gasteiger partial charge in [0.1, 0.15) is 0 Å². The molecule has 0 bridgehead atoms. The fraction of sp³-hybridized carbons (Fsp3) is 0.154. The van der Waals surface area contributed by atoms with Gasteiger partial charge >= 0.3 is 11.1 Å². The van der Waals surface area contributed by atoms with Gasteiger partial charge in [-0.3, -0.25) is 9.59 Å². The molecule has 2 N–H and O–H groups in total. The van der Waals surface area contributed by atoms with Crippen molar-refractivity contribution in [1.29, 1.82) is 0 Å². The van der Waals surface area contributed by atoms with Crippen molar-refractivity contribution in [1.82, 2.24) is 19.5 Å². The average molecular weight is 362 g/mol. The molecular weight excluding hydrogens is 351 g/mol. The Kier molecular flexibility index (Phi) is 4.65. The van der Waals surface area contributed by atoms with Gasteiger partial charge in [0.25, 0.3) is 0 Å². The molecule has 0 spiro atoms. The van der Waals surface area contributed by atoms with Crippen LogP contribution in [0, 0.1) is 0 Å². The molecule has 3 aromatic rings. The molecule has 0 saturated heterocycles. The lowest BCUT2D eigenvalue weighted by Gasteiger charge is -2.18. The SMILES string of the molecule is CC(c1c(Cl)c(Cl)cc2[nH]c(=O)c(=O)[nH]c12)n1ccnc1.Cl. The zero-order valence-corrected chi connectivity index (χ0v) is 13.6. The van der Waals surface area contributed by atoms with E-state index in [0.717, 1.165) is 0 Å². The normalized spacial score (nSPS) is 12.1. The van der Waals surface area contributed by atoms with Gasteiger partial charge in [-0.05, 0) is 13.0 Å². The number of hydrogen-bond acceptors (Lipinski definition) is 3. The molecule has 22 heavy (non-hydrogen) atoms. The van der Waals surface area contributed by atoms with Gasteiger partial charge in [0.15, 0.2) is 0 Å². The highest BCUT2D eigenvalue weighted by Crippen LogP contribution is 2.36. The lowest BCUT2D eigenvalue weighted by Crippen LogP contribution is -2.29. The predicted octanol–water partition coefficient (Wildman–Crippen LogP) is 2.75. The maximum absolute atomic E-state index is 11.6. The van der Waals surface area contributed by atoms with E-state index in [-0.39, 0.29) is 18.4 Å². The molecule has 1 unspecified atom stereocenters. The summed E-state index contributed by atoms with van der Waals surface area (Å²) in [6.07, 6.45) is 5.05. The highest BCUT2D eigenvalue weighted by molar-refractivity contribution is 6.43. The molecule has 116 valence electrons. The standard InChI is InChI=1S/C13H10Cl2N4O2.ClH/c1-6(19-3-2-16-5-19)9-10(15)7(14)4-8-11(9)18-13(21)12(20)17-8;/h2-6H,1H3,(H,17,20)(H,18,21);1H. The van der Waals surface area contributed by atoms with Crippen molar-refractivity contribution in [2.45, 2.75) is 13.0 Å². The lowest BCUT2D eigenvalue weighted by molar-refractivity contribution is 0.642. The minimum Gasteiger partial charge on any atom is -0.330 e. The first-order valence-electron chi connectivity index (χ1n) is 6.10. The molecule has 0 saturated carbocycles. The van der Waals surface area contributed by atoms with Crippen LogP contribution in [0.15, 0.2) is 34.4 Å².